The van der Waals surface area contributed by atoms with Crippen LogP contribution in [0.25, 0.3) is 0 Å². The Morgan fingerprint density at radius 1 is 1.44 bits per heavy atom. The maximum absolute atomic E-state index is 4.32. The molecule has 2 nitrogen and oxygen atoms in total. The summed E-state index contributed by atoms with van der Waals surface area (Å²) in [4.78, 5) is 4.32. The average molecular weight is 297 g/mol. The van der Waals surface area contributed by atoms with Crippen molar-refractivity contribution in [3.05, 3.63) is 50.9 Å². The van der Waals surface area contributed by atoms with E-state index in [9.17, 15) is 0 Å². The van der Waals surface area contributed by atoms with Crippen LogP contribution in [0, 0.1) is 0 Å². The van der Waals surface area contributed by atoms with Crippen molar-refractivity contribution in [2.45, 2.75) is 12.5 Å². The molecule has 0 bridgehead atoms. The van der Waals surface area contributed by atoms with Crippen molar-refractivity contribution in [1.82, 2.24) is 10.3 Å². The Morgan fingerprint density at radius 2 is 2.25 bits per heavy atom. The predicted molar refractivity (Wildman–Crippen MR) is 71.8 cm³/mol. The van der Waals surface area contributed by atoms with Gasteiger partial charge in [-0.2, -0.15) is 0 Å². The number of aromatic nitrogens is 1. The van der Waals surface area contributed by atoms with E-state index in [0.29, 0.717) is 6.04 Å². The summed E-state index contributed by atoms with van der Waals surface area (Å²) in [6, 6.07) is 8.61. The normalized spacial score (nSPS) is 12.6. The van der Waals surface area contributed by atoms with Gasteiger partial charge >= 0.3 is 0 Å². The second kappa shape index (κ2) is 5.57. The lowest BCUT2D eigenvalue weighted by atomic mass is 10.0. The number of hydrogen-bond acceptors (Lipinski definition) is 3. The smallest absolute Gasteiger partial charge is 0.0943 e. The number of hydrogen-bond donors (Lipinski definition) is 1. The van der Waals surface area contributed by atoms with Crippen molar-refractivity contribution in [2.75, 3.05) is 7.05 Å². The van der Waals surface area contributed by atoms with E-state index in [2.05, 4.69) is 44.4 Å². The van der Waals surface area contributed by atoms with E-state index in [1.54, 1.807) is 11.3 Å². The minimum absolute atomic E-state index is 0.307. The first-order chi connectivity index (χ1) is 7.81. The Bertz CT molecular complexity index is 442. The Kier molecular flexibility index (Phi) is 4.09. The third-order valence-electron chi connectivity index (χ3n) is 2.49. The largest absolute Gasteiger partial charge is 0.313 e. The van der Waals surface area contributed by atoms with Crippen molar-refractivity contribution in [2.24, 2.45) is 0 Å². The molecule has 1 aromatic carbocycles. The second-order valence-corrected chi connectivity index (χ2v) is 5.33. The van der Waals surface area contributed by atoms with Crippen LogP contribution in [0.2, 0.25) is 0 Å². The number of benzene rings is 1. The summed E-state index contributed by atoms with van der Waals surface area (Å²) >= 11 is 5.29. The molecule has 0 saturated carbocycles. The van der Waals surface area contributed by atoms with Crippen molar-refractivity contribution >= 4 is 27.3 Å². The standard InChI is InChI=1S/C12H13BrN2S/c1-14-11(8-12-15-6-7-16-12)9-4-2-3-5-10(9)13/h2-7,11,14H,8H2,1H3. The molecule has 0 aliphatic carbocycles. The maximum Gasteiger partial charge on any atom is 0.0943 e. The number of rotatable bonds is 4. The molecule has 0 spiro atoms. The Morgan fingerprint density at radius 3 is 2.88 bits per heavy atom. The number of thiazole rings is 1. The summed E-state index contributed by atoms with van der Waals surface area (Å²) in [6.45, 7) is 0. The van der Waals surface area contributed by atoms with E-state index in [-0.39, 0.29) is 0 Å². The third kappa shape index (κ3) is 2.70. The highest BCUT2D eigenvalue weighted by Gasteiger charge is 2.13. The Hall–Kier alpha value is -0.710. The molecule has 2 aromatic rings. The van der Waals surface area contributed by atoms with Gasteiger partial charge in [-0.05, 0) is 18.7 Å². The summed E-state index contributed by atoms with van der Waals surface area (Å²) < 4.78 is 1.14. The molecule has 1 heterocycles. The molecule has 2 rings (SSSR count). The molecule has 0 amide bonds. The molecule has 1 N–H and O–H groups in total. The molecule has 1 unspecified atom stereocenters. The quantitative estimate of drug-likeness (QED) is 0.935. The first-order valence-electron chi connectivity index (χ1n) is 5.11. The number of nitrogens with one attached hydrogen (secondary N) is 1. The minimum atomic E-state index is 0.307. The molecule has 4 heteroatoms. The third-order valence-corrected chi connectivity index (χ3v) is 4.02. The molecule has 1 aromatic heterocycles. The van der Waals surface area contributed by atoms with E-state index in [0.717, 1.165) is 15.9 Å². The molecule has 0 saturated heterocycles. The van der Waals surface area contributed by atoms with Crippen LogP contribution < -0.4 is 5.32 Å². The summed E-state index contributed by atoms with van der Waals surface area (Å²) in [5, 5.41) is 6.51. The van der Waals surface area contributed by atoms with Crippen LogP contribution in [0.5, 0.6) is 0 Å². The number of halogens is 1. The summed E-state index contributed by atoms with van der Waals surface area (Å²) in [5.74, 6) is 0. The van der Waals surface area contributed by atoms with Gasteiger partial charge in [0.1, 0.15) is 0 Å². The van der Waals surface area contributed by atoms with Gasteiger partial charge in [-0.3, -0.25) is 0 Å². The van der Waals surface area contributed by atoms with Crippen LogP contribution in [-0.2, 0) is 6.42 Å². The van der Waals surface area contributed by atoms with Gasteiger partial charge in [-0.1, -0.05) is 34.1 Å². The van der Waals surface area contributed by atoms with Gasteiger partial charge in [0.25, 0.3) is 0 Å². The lowest BCUT2D eigenvalue weighted by molar-refractivity contribution is 0.588. The Labute approximate surface area is 108 Å². The fourth-order valence-electron chi connectivity index (χ4n) is 1.65. The van der Waals surface area contributed by atoms with E-state index < -0.39 is 0 Å². The number of nitrogens with zero attached hydrogens (tertiary/aromatic N) is 1. The van der Waals surface area contributed by atoms with Gasteiger partial charge in [0.15, 0.2) is 0 Å². The van der Waals surface area contributed by atoms with Gasteiger partial charge in [0.05, 0.1) is 5.01 Å². The second-order valence-electron chi connectivity index (χ2n) is 3.49. The zero-order chi connectivity index (χ0) is 11.4. The van der Waals surface area contributed by atoms with Crippen LogP contribution in [0.3, 0.4) is 0 Å². The van der Waals surface area contributed by atoms with Crippen LogP contribution in [-0.4, -0.2) is 12.0 Å². The van der Waals surface area contributed by atoms with E-state index in [4.69, 9.17) is 0 Å². The predicted octanol–water partition coefficient (Wildman–Crippen LogP) is 3.41. The molecule has 0 aliphatic heterocycles. The van der Waals surface area contributed by atoms with Crippen LogP contribution in [0.4, 0.5) is 0 Å². The molecule has 84 valence electrons. The summed E-state index contributed by atoms with van der Waals surface area (Å²) in [6.07, 6.45) is 2.78. The van der Waals surface area contributed by atoms with Gasteiger partial charge in [-0.15, -0.1) is 11.3 Å². The molecule has 0 fully saturated rings. The zero-order valence-corrected chi connectivity index (χ0v) is 11.4. The molecule has 0 radical (unpaired) electrons. The monoisotopic (exact) mass is 296 g/mol. The van der Waals surface area contributed by atoms with E-state index >= 15 is 0 Å². The highest BCUT2D eigenvalue weighted by Crippen LogP contribution is 2.26. The zero-order valence-electron chi connectivity index (χ0n) is 8.98. The summed E-state index contributed by atoms with van der Waals surface area (Å²) in [5.41, 5.74) is 1.28. The highest BCUT2D eigenvalue weighted by atomic mass is 79.9. The van der Waals surface area contributed by atoms with E-state index in [1.165, 1.54) is 5.56 Å². The average Bonchev–Trinajstić information content (AvgIpc) is 2.80. The SMILES string of the molecule is CNC(Cc1nccs1)c1ccccc1Br. The van der Waals surface area contributed by atoms with Gasteiger partial charge in [0, 0.05) is 28.5 Å². The first-order valence-corrected chi connectivity index (χ1v) is 6.78. The number of likely N-dealkylation sites (N-methyl/N-ethyl adjacent to an activating group) is 1. The molecule has 1 atom stereocenters. The lowest BCUT2D eigenvalue weighted by Gasteiger charge is -2.16. The first kappa shape index (κ1) is 11.8. The fourth-order valence-corrected chi connectivity index (χ4v) is 2.88. The van der Waals surface area contributed by atoms with Crippen LogP contribution in [0.1, 0.15) is 16.6 Å². The molecule has 0 aliphatic rings. The summed E-state index contributed by atoms with van der Waals surface area (Å²) in [7, 11) is 1.98. The van der Waals surface area contributed by atoms with Gasteiger partial charge < -0.3 is 5.32 Å². The van der Waals surface area contributed by atoms with Crippen LogP contribution in [0.15, 0.2) is 40.3 Å². The van der Waals surface area contributed by atoms with Gasteiger partial charge in [0.2, 0.25) is 0 Å². The maximum atomic E-state index is 4.32. The lowest BCUT2D eigenvalue weighted by Crippen LogP contribution is -2.19. The molecule has 16 heavy (non-hydrogen) atoms. The highest BCUT2D eigenvalue weighted by molar-refractivity contribution is 9.10. The van der Waals surface area contributed by atoms with Crippen molar-refractivity contribution in [1.29, 1.82) is 0 Å². The minimum Gasteiger partial charge on any atom is -0.313 e. The fraction of sp³-hybridized carbons (Fsp3) is 0.250. The van der Waals surface area contributed by atoms with E-state index in [1.807, 2.05) is 24.7 Å². The van der Waals surface area contributed by atoms with Gasteiger partial charge in [-0.25, -0.2) is 4.98 Å². The topological polar surface area (TPSA) is 24.9 Å². The van der Waals surface area contributed by atoms with Crippen molar-refractivity contribution in [3.63, 3.8) is 0 Å². The van der Waals surface area contributed by atoms with Crippen LogP contribution >= 0.6 is 27.3 Å². The van der Waals surface area contributed by atoms with Crippen molar-refractivity contribution < 1.29 is 0 Å². The molecular weight excluding hydrogens is 284 g/mol. The van der Waals surface area contributed by atoms with Crippen molar-refractivity contribution in [3.8, 4) is 0 Å². The Balaban J connectivity index is 2.20. The molecular formula is C12H13BrN2S.